The normalized spacial score (nSPS) is 12.0. The van der Waals surface area contributed by atoms with Gasteiger partial charge >= 0.3 is 12.4 Å². The topological polar surface area (TPSA) is 81.1 Å². The number of nitrogens with one attached hydrogen (secondary N) is 1. The van der Waals surface area contributed by atoms with E-state index in [0.29, 0.717) is 30.3 Å². The van der Waals surface area contributed by atoms with Gasteiger partial charge in [-0.3, -0.25) is 4.79 Å². The van der Waals surface area contributed by atoms with Crippen molar-refractivity contribution in [2.45, 2.75) is 12.4 Å². The van der Waals surface area contributed by atoms with Gasteiger partial charge in [0.1, 0.15) is 17.2 Å². The summed E-state index contributed by atoms with van der Waals surface area (Å²) in [6.45, 7) is 0. The van der Waals surface area contributed by atoms with Crippen LogP contribution in [0.1, 0.15) is 21.5 Å². The van der Waals surface area contributed by atoms with Crippen LogP contribution in [0.15, 0.2) is 48.5 Å². The summed E-state index contributed by atoms with van der Waals surface area (Å²) in [4.78, 5) is 12.2. The van der Waals surface area contributed by atoms with Crippen molar-refractivity contribution in [3.8, 4) is 11.1 Å². The van der Waals surface area contributed by atoms with Crippen LogP contribution in [-0.2, 0) is 12.4 Å². The van der Waals surface area contributed by atoms with Crippen LogP contribution >= 0.6 is 0 Å². The molecule has 0 spiro atoms. The summed E-state index contributed by atoms with van der Waals surface area (Å²) < 4.78 is 109. The monoisotopic (exact) mass is 475 g/mol. The summed E-state index contributed by atoms with van der Waals surface area (Å²) in [6, 6.07) is 5.51. The quantitative estimate of drug-likeness (QED) is 0.317. The number of nitrogen functional groups attached to an aromatic ring is 2. The van der Waals surface area contributed by atoms with E-state index in [2.05, 4.69) is 0 Å². The molecule has 33 heavy (non-hydrogen) atoms. The third-order valence-corrected chi connectivity index (χ3v) is 4.51. The molecule has 3 rings (SSSR count). The van der Waals surface area contributed by atoms with Gasteiger partial charge in [-0.1, -0.05) is 12.1 Å². The third kappa shape index (κ3) is 4.99. The Balaban J connectivity index is 2.10. The molecule has 0 aliphatic carbocycles. The van der Waals surface area contributed by atoms with Crippen molar-refractivity contribution >= 4 is 23.0 Å². The summed E-state index contributed by atoms with van der Waals surface area (Å²) in [6.07, 6.45) is -10.2. The highest BCUT2D eigenvalue weighted by molar-refractivity contribution is 6.05. The second-order valence-corrected chi connectivity index (χ2v) is 6.87. The fraction of sp³-hybridized carbons (Fsp3) is 0.0952. The maximum absolute atomic E-state index is 13.9. The molecule has 0 aromatic heterocycles. The lowest BCUT2D eigenvalue weighted by Gasteiger charge is -2.19. The molecule has 1 amide bonds. The minimum Gasteiger partial charge on any atom is -0.399 e. The molecule has 0 aliphatic rings. The number of carbonyl (C=O) groups excluding carboxylic acids is 1. The number of amides is 1. The SMILES string of the molecule is Nc1cc(F)c(C(=O)Nc2ccc(-c3ccc(N)cc3C(F)(F)F)c(C(F)(F)F)c2)c(F)c1. The lowest BCUT2D eigenvalue weighted by Crippen LogP contribution is -2.17. The molecule has 174 valence electrons. The highest BCUT2D eigenvalue weighted by atomic mass is 19.4. The van der Waals surface area contributed by atoms with Gasteiger partial charge in [0.25, 0.3) is 5.91 Å². The van der Waals surface area contributed by atoms with E-state index in [4.69, 9.17) is 11.5 Å². The largest absolute Gasteiger partial charge is 0.417 e. The van der Waals surface area contributed by atoms with Gasteiger partial charge in [-0.2, -0.15) is 26.3 Å². The van der Waals surface area contributed by atoms with Gasteiger partial charge in [0, 0.05) is 17.1 Å². The molecule has 0 saturated carbocycles. The van der Waals surface area contributed by atoms with Crippen LogP contribution in [-0.4, -0.2) is 5.91 Å². The number of alkyl halides is 6. The minimum atomic E-state index is -5.14. The van der Waals surface area contributed by atoms with Crippen molar-refractivity contribution in [2.24, 2.45) is 0 Å². The highest BCUT2D eigenvalue weighted by Gasteiger charge is 2.38. The molecule has 0 heterocycles. The summed E-state index contributed by atoms with van der Waals surface area (Å²) in [5.41, 5.74) is 3.77. The average molecular weight is 475 g/mol. The van der Waals surface area contributed by atoms with Gasteiger partial charge in [0.15, 0.2) is 0 Å². The number of carbonyl (C=O) groups is 1. The molecule has 0 aliphatic heterocycles. The molecule has 0 atom stereocenters. The predicted molar refractivity (Wildman–Crippen MR) is 105 cm³/mol. The fourth-order valence-corrected chi connectivity index (χ4v) is 3.13. The Hall–Kier alpha value is -3.83. The van der Waals surface area contributed by atoms with Crippen molar-refractivity contribution in [3.63, 3.8) is 0 Å². The number of hydrogen-bond donors (Lipinski definition) is 3. The summed E-state index contributed by atoms with van der Waals surface area (Å²) in [7, 11) is 0. The van der Waals surface area contributed by atoms with Crippen molar-refractivity contribution < 1.29 is 39.9 Å². The number of halogens is 8. The molecule has 0 unspecified atom stereocenters. The Morgan fingerprint density at radius 2 is 1.18 bits per heavy atom. The van der Waals surface area contributed by atoms with E-state index in [1.165, 1.54) is 0 Å². The Morgan fingerprint density at radius 3 is 1.70 bits per heavy atom. The Morgan fingerprint density at radius 1 is 0.697 bits per heavy atom. The van der Waals surface area contributed by atoms with Gasteiger partial charge in [-0.15, -0.1) is 0 Å². The summed E-state index contributed by atoms with van der Waals surface area (Å²) >= 11 is 0. The number of rotatable bonds is 3. The summed E-state index contributed by atoms with van der Waals surface area (Å²) in [5.74, 6) is -4.13. The molecule has 0 saturated heterocycles. The molecule has 3 aromatic rings. The first-order chi connectivity index (χ1) is 15.2. The van der Waals surface area contributed by atoms with Crippen molar-refractivity contribution in [1.29, 1.82) is 0 Å². The zero-order valence-corrected chi connectivity index (χ0v) is 16.2. The number of hydrogen-bond acceptors (Lipinski definition) is 3. The molecule has 0 fully saturated rings. The molecule has 0 bridgehead atoms. The Labute approximate surface area is 180 Å². The van der Waals surface area contributed by atoms with Gasteiger partial charge < -0.3 is 16.8 Å². The highest BCUT2D eigenvalue weighted by Crippen LogP contribution is 2.44. The first-order valence-electron chi connectivity index (χ1n) is 8.92. The summed E-state index contributed by atoms with van der Waals surface area (Å²) in [5, 5.41) is 1.90. The number of benzene rings is 3. The van der Waals surface area contributed by atoms with Crippen molar-refractivity contribution in [3.05, 3.63) is 76.9 Å². The second kappa shape index (κ2) is 8.26. The second-order valence-electron chi connectivity index (χ2n) is 6.87. The lowest BCUT2D eigenvalue weighted by molar-refractivity contribution is -0.139. The Bertz CT molecular complexity index is 1210. The van der Waals surface area contributed by atoms with Gasteiger partial charge in [-0.25, -0.2) is 8.78 Å². The van der Waals surface area contributed by atoms with Crippen LogP contribution in [0.5, 0.6) is 0 Å². The van der Waals surface area contributed by atoms with Crippen molar-refractivity contribution in [1.82, 2.24) is 0 Å². The first kappa shape index (κ1) is 23.8. The molecule has 12 heteroatoms. The molecular formula is C21H13F8N3O. The number of nitrogens with two attached hydrogens (primary N) is 2. The molecular weight excluding hydrogens is 462 g/mol. The standard InChI is InChI=1S/C21H13F8N3O/c22-16-6-10(31)7-17(23)18(16)19(33)32-11-2-4-13(15(8-11)21(27,28)29)12-3-1-9(30)5-14(12)20(24,25)26/h1-8H,30-31H2,(H,32,33). The van der Waals surface area contributed by atoms with Crippen LogP contribution in [0.4, 0.5) is 52.2 Å². The third-order valence-electron chi connectivity index (χ3n) is 4.51. The van der Waals surface area contributed by atoms with E-state index in [-0.39, 0.29) is 11.4 Å². The van der Waals surface area contributed by atoms with Crippen LogP contribution in [0.25, 0.3) is 11.1 Å². The molecule has 0 radical (unpaired) electrons. The first-order valence-corrected chi connectivity index (χ1v) is 8.92. The molecule has 5 N–H and O–H groups in total. The zero-order chi connectivity index (χ0) is 24.7. The smallest absolute Gasteiger partial charge is 0.399 e. The van der Waals surface area contributed by atoms with E-state index in [0.717, 1.165) is 18.2 Å². The van der Waals surface area contributed by atoms with E-state index in [1.807, 2.05) is 5.32 Å². The van der Waals surface area contributed by atoms with Crippen LogP contribution < -0.4 is 16.8 Å². The van der Waals surface area contributed by atoms with Gasteiger partial charge in [-0.05, 0) is 47.5 Å². The van der Waals surface area contributed by atoms with E-state index in [9.17, 15) is 39.9 Å². The van der Waals surface area contributed by atoms with Gasteiger partial charge in [0.05, 0.1) is 11.1 Å². The van der Waals surface area contributed by atoms with Crippen LogP contribution in [0, 0.1) is 11.6 Å². The maximum Gasteiger partial charge on any atom is 0.417 e. The predicted octanol–water partition coefficient (Wildman–Crippen LogP) is 6.09. The number of anilines is 3. The maximum atomic E-state index is 13.9. The van der Waals surface area contributed by atoms with E-state index < -0.39 is 63.4 Å². The van der Waals surface area contributed by atoms with Crippen molar-refractivity contribution in [2.75, 3.05) is 16.8 Å². The minimum absolute atomic E-state index is 0.309. The zero-order valence-electron chi connectivity index (χ0n) is 16.2. The average Bonchev–Trinajstić information content (AvgIpc) is 2.66. The fourth-order valence-electron chi connectivity index (χ4n) is 3.13. The van der Waals surface area contributed by atoms with Crippen LogP contribution in [0.3, 0.4) is 0 Å². The van der Waals surface area contributed by atoms with Gasteiger partial charge in [0.2, 0.25) is 0 Å². The lowest BCUT2D eigenvalue weighted by atomic mass is 9.93. The molecule has 4 nitrogen and oxygen atoms in total. The Kier molecular flexibility index (Phi) is 5.96. The van der Waals surface area contributed by atoms with E-state index in [1.54, 1.807) is 0 Å². The molecule has 3 aromatic carbocycles. The van der Waals surface area contributed by atoms with Crippen LogP contribution in [0.2, 0.25) is 0 Å². The van der Waals surface area contributed by atoms with E-state index >= 15 is 0 Å².